The van der Waals surface area contributed by atoms with Gasteiger partial charge in [0.2, 0.25) is 0 Å². The average molecular weight is 374 g/mol. The molecule has 26 heavy (non-hydrogen) atoms. The van der Waals surface area contributed by atoms with Gasteiger partial charge in [-0.25, -0.2) is 12.4 Å². The van der Waals surface area contributed by atoms with Gasteiger partial charge in [-0.2, -0.15) is 5.10 Å². The molecule has 8 nitrogen and oxygen atoms in total. The van der Waals surface area contributed by atoms with Crippen molar-refractivity contribution in [2.45, 2.75) is 11.4 Å². The number of benzene rings is 1. The van der Waals surface area contributed by atoms with E-state index in [1.807, 2.05) is 0 Å². The second kappa shape index (κ2) is 7.04. The summed E-state index contributed by atoms with van der Waals surface area (Å²) >= 11 is 0. The van der Waals surface area contributed by atoms with Crippen molar-refractivity contribution in [3.8, 4) is 5.75 Å². The molecule has 0 bridgehead atoms. The van der Waals surface area contributed by atoms with E-state index < -0.39 is 10.0 Å². The van der Waals surface area contributed by atoms with Crippen LogP contribution in [0.3, 0.4) is 0 Å². The average Bonchev–Trinajstić information content (AvgIpc) is 3.29. The molecule has 0 radical (unpaired) electrons. The standard InChI is InChI=1S/C17H18N4O4S/c1-20-9-8-14(19-20)11-18-17(22)13-7-10-21(12-13)26(23,24)16-5-3-15(25-2)4-6-16/h3-10,12H,11H2,1-2H3,(H,18,22). The number of methoxy groups -OCH3 is 1. The Morgan fingerprint density at radius 2 is 1.88 bits per heavy atom. The van der Waals surface area contributed by atoms with E-state index in [1.165, 1.54) is 37.7 Å². The molecule has 0 aliphatic heterocycles. The minimum absolute atomic E-state index is 0.106. The molecule has 0 aliphatic carbocycles. The number of carbonyl (C=O) groups is 1. The van der Waals surface area contributed by atoms with Crippen LogP contribution in [-0.4, -0.2) is 35.2 Å². The summed E-state index contributed by atoms with van der Waals surface area (Å²) in [7, 11) is -0.483. The van der Waals surface area contributed by atoms with E-state index in [4.69, 9.17) is 4.74 Å². The van der Waals surface area contributed by atoms with E-state index in [0.717, 1.165) is 3.97 Å². The first-order chi connectivity index (χ1) is 12.4. The molecule has 2 aromatic heterocycles. The van der Waals surface area contributed by atoms with E-state index in [2.05, 4.69) is 10.4 Å². The quantitative estimate of drug-likeness (QED) is 0.704. The molecule has 0 saturated heterocycles. The van der Waals surface area contributed by atoms with Crippen molar-refractivity contribution in [2.75, 3.05) is 7.11 Å². The maximum absolute atomic E-state index is 12.6. The Hall–Kier alpha value is -3.07. The summed E-state index contributed by atoms with van der Waals surface area (Å²) in [6.45, 7) is 0.260. The largest absolute Gasteiger partial charge is 0.497 e. The summed E-state index contributed by atoms with van der Waals surface area (Å²) in [6, 6.07) is 9.28. The van der Waals surface area contributed by atoms with Crippen LogP contribution in [-0.2, 0) is 23.6 Å². The number of amides is 1. The van der Waals surface area contributed by atoms with Gasteiger partial charge in [-0.15, -0.1) is 0 Å². The Balaban J connectivity index is 1.74. The molecule has 1 N–H and O–H groups in total. The summed E-state index contributed by atoms with van der Waals surface area (Å²) in [4.78, 5) is 12.3. The topological polar surface area (TPSA) is 95.2 Å². The van der Waals surface area contributed by atoms with E-state index in [0.29, 0.717) is 11.4 Å². The predicted molar refractivity (Wildman–Crippen MR) is 94.4 cm³/mol. The number of rotatable bonds is 6. The van der Waals surface area contributed by atoms with Gasteiger partial charge < -0.3 is 10.1 Å². The number of carbonyl (C=O) groups excluding carboxylic acids is 1. The number of hydrogen-bond donors (Lipinski definition) is 1. The highest BCUT2D eigenvalue weighted by Crippen LogP contribution is 2.19. The summed E-state index contributed by atoms with van der Waals surface area (Å²) in [5.41, 5.74) is 0.962. The van der Waals surface area contributed by atoms with E-state index in [1.54, 1.807) is 36.1 Å². The highest BCUT2D eigenvalue weighted by Gasteiger charge is 2.18. The SMILES string of the molecule is COc1ccc(S(=O)(=O)n2ccc(C(=O)NCc3ccn(C)n3)c2)cc1. The van der Waals surface area contributed by atoms with Crippen LogP contribution in [0.1, 0.15) is 16.1 Å². The van der Waals surface area contributed by atoms with Gasteiger partial charge in [0.05, 0.1) is 29.8 Å². The maximum Gasteiger partial charge on any atom is 0.267 e. The van der Waals surface area contributed by atoms with Gasteiger partial charge in [-0.05, 0) is 36.4 Å². The van der Waals surface area contributed by atoms with Crippen molar-refractivity contribution in [1.82, 2.24) is 19.1 Å². The van der Waals surface area contributed by atoms with Crippen molar-refractivity contribution in [3.05, 3.63) is 66.2 Å². The maximum atomic E-state index is 12.6. The van der Waals surface area contributed by atoms with Crippen LogP contribution in [0.2, 0.25) is 0 Å². The Morgan fingerprint density at radius 3 is 2.50 bits per heavy atom. The number of hydrogen-bond acceptors (Lipinski definition) is 5. The van der Waals surface area contributed by atoms with Gasteiger partial charge in [0, 0.05) is 25.6 Å². The van der Waals surface area contributed by atoms with Gasteiger partial charge in [0.25, 0.3) is 15.9 Å². The molecule has 3 rings (SSSR count). The van der Waals surface area contributed by atoms with Crippen LogP contribution in [0.5, 0.6) is 5.75 Å². The van der Waals surface area contributed by atoms with Crippen LogP contribution in [0, 0.1) is 0 Å². The van der Waals surface area contributed by atoms with Crippen molar-refractivity contribution in [1.29, 1.82) is 0 Å². The summed E-state index contributed by atoms with van der Waals surface area (Å²) in [5.74, 6) is 0.186. The van der Waals surface area contributed by atoms with Gasteiger partial charge in [-0.3, -0.25) is 9.48 Å². The van der Waals surface area contributed by atoms with E-state index in [-0.39, 0.29) is 22.9 Å². The lowest BCUT2D eigenvalue weighted by Crippen LogP contribution is -2.23. The van der Waals surface area contributed by atoms with Crippen molar-refractivity contribution < 1.29 is 17.9 Å². The van der Waals surface area contributed by atoms with Crippen LogP contribution in [0.4, 0.5) is 0 Å². The Labute approximate surface area is 151 Å². The molecular formula is C17H18N4O4S. The van der Waals surface area contributed by atoms with Crippen molar-refractivity contribution >= 4 is 15.9 Å². The summed E-state index contributed by atoms with van der Waals surface area (Å²) < 4.78 is 32.9. The Bertz CT molecular complexity index is 1020. The summed E-state index contributed by atoms with van der Waals surface area (Å²) in [6.07, 6.45) is 4.40. The molecule has 9 heteroatoms. The first-order valence-electron chi connectivity index (χ1n) is 7.74. The normalized spacial score (nSPS) is 11.3. The number of nitrogens with zero attached hydrogens (tertiary/aromatic N) is 3. The van der Waals surface area contributed by atoms with E-state index in [9.17, 15) is 13.2 Å². The lowest BCUT2D eigenvalue weighted by molar-refractivity contribution is 0.0950. The summed E-state index contributed by atoms with van der Waals surface area (Å²) in [5, 5.41) is 6.87. The minimum Gasteiger partial charge on any atom is -0.497 e. The van der Waals surface area contributed by atoms with Crippen molar-refractivity contribution in [3.63, 3.8) is 0 Å². The lowest BCUT2D eigenvalue weighted by Gasteiger charge is -2.06. The molecule has 0 aliphatic rings. The van der Waals surface area contributed by atoms with Crippen LogP contribution in [0.25, 0.3) is 0 Å². The molecule has 3 aromatic rings. The molecule has 0 fully saturated rings. The first-order valence-corrected chi connectivity index (χ1v) is 9.18. The second-order valence-corrected chi connectivity index (χ2v) is 7.42. The van der Waals surface area contributed by atoms with Crippen LogP contribution in [0.15, 0.2) is 59.9 Å². The van der Waals surface area contributed by atoms with Crippen LogP contribution < -0.4 is 10.1 Å². The zero-order valence-corrected chi connectivity index (χ0v) is 15.1. The van der Waals surface area contributed by atoms with Crippen LogP contribution >= 0.6 is 0 Å². The Kier molecular flexibility index (Phi) is 4.81. The van der Waals surface area contributed by atoms with Gasteiger partial charge in [0.1, 0.15) is 5.75 Å². The van der Waals surface area contributed by atoms with Gasteiger partial charge in [0.15, 0.2) is 0 Å². The monoisotopic (exact) mass is 374 g/mol. The molecule has 1 amide bonds. The smallest absolute Gasteiger partial charge is 0.267 e. The second-order valence-electron chi connectivity index (χ2n) is 5.57. The number of aryl methyl sites for hydroxylation is 1. The van der Waals surface area contributed by atoms with Crippen molar-refractivity contribution in [2.24, 2.45) is 7.05 Å². The zero-order chi connectivity index (χ0) is 18.7. The lowest BCUT2D eigenvalue weighted by atomic mass is 10.3. The third-order valence-electron chi connectivity index (χ3n) is 3.76. The third kappa shape index (κ3) is 3.62. The number of ether oxygens (including phenoxy) is 1. The molecular weight excluding hydrogens is 356 g/mol. The molecule has 0 spiro atoms. The number of nitrogens with one attached hydrogen (secondary N) is 1. The molecule has 2 heterocycles. The van der Waals surface area contributed by atoms with Gasteiger partial charge in [-0.1, -0.05) is 0 Å². The van der Waals surface area contributed by atoms with E-state index >= 15 is 0 Å². The fourth-order valence-corrected chi connectivity index (χ4v) is 3.56. The third-order valence-corrected chi connectivity index (χ3v) is 5.41. The zero-order valence-electron chi connectivity index (χ0n) is 14.3. The number of aromatic nitrogens is 3. The first kappa shape index (κ1) is 17.7. The highest BCUT2D eigenvalue weighted by atomic mass is 32.2. The fourth-order valence-electron chi connectivity index (χ4n) is 2.36. The minimum atomic E-state index is -3.77. The predicted octanol–water partition coefficient (Wildman–Crippen LogP) is 1.40. The molecule has 136 valence electrons. The molecule has 1 aromatic carbocycles. The molecule has 0 saturated carbocycles. The molecule has 0 atom stereocenters. The highest BCUT2D eigenvalue weighted by molar-refractivity contribution is 7.90. The Morgan fingerprint density at radius 1 is 1.15 bits per heavy atom. The fraction of sp³-hybridized carbons (Fsp3) is 0.176. The van der Waals surface area contributed by atoms with Gasteiger partial charge >= 0.3 is 0 Å². The molecule has 0 unspecified atom stereocenters.